The van der Waals surface area contributed by atoms with E-state index >= 15 is 0 Å². The van der Waals surface area contributed by atoms with E-state index in [1.54, 1.807) is 0 Å². The number of ether oxygens (including phenoxy) is 3. The average Bonchev–Trinajstić information content (AvgIpc) is 3.36. The van der Waals surface area contributed by atoms with Crippen LogP contribution in [-0.2, 0) is 28.6 Å². The standard InChI is InChI=1S/C64H122O6/c1-4-7-10-13-16-19-20-21-22-23-24-25-26-27-28-29-30-31-32-33-34-35-36-37-38-39-40-41-42-43-44-46-48-51-54-57-63(66)69-60-61(59-68-62(65)56-53-50-47-18-15-12-9-6-3)70-64(67)58-55-52-49-45-17-14-11-8-5-2/h23-24,61H,4-22,25-60H2,1-3H3/b24-23-. The number of esters is 3. The van der Waals surface area contributed by atoms with Gasteiger partial charge in [0.1, 0.15) is 13.2 Å². The molecule has 1 atom stereocenters. The van der Waals surface area contributed by atoms with Crippen molar-refractivity contribution in [1.82, 2.24) is 0 Å². The Kier molecular flexibility index (Phi) is 58.1. The van der Waals surface area contributed by atoms with Crippen molar-refractivity contribution in [1.29, 1.82) is 0 Å². The first-order valence-electron chi connectivity index (χ1n) is 31.7. The van der Waals surface area contributed by atoms with Gasteiger partial charge in [-0.25, -0.2) is 0 Å². The monoisotopic (exact) mass is 987 g/mol. The lowest BCUT2D eigenvalue weighted by Gasteiger charge is -2.18. The summed E-state index contributed by atoms with van der Waals surface area (Å²) in [4.78, 5) is 37.8. The first-order chi connectivity index (χ1) is 34.5. The molecule has 0 N–H and O–H groups in total. The van der Waals surface area contributed by atoms with Crippen LogP contribution in [0.5, 0.6) is 0 Å². The van der Waals surface area contributed by atoms with Gasteiger partial charge in [-0.1, -0.05) is 309 Å². The van der Waals surface area contributed by atoms with Crippen LogP contribution in [-0.4, -0.2) is 37.2 Å². The summed E-state index contributed by atoms with van der Waals surface area (Å²) in [5.41, 5.74) is 0. The molecule has 0 radical (unpaired) electrons. The average molecular weight is 988 g/mol. The molecule has 0 bridgehead atoms. The van der Waals surface area contributed by atoms with Crippen LogP contribution in [0.25, 0.3) is 0 Å². The third-order valence-corrected chi connectivity index (χ3v) is 14.5. The van der Waals surface area contributed by atoms with Crippen molar-refractivity contribution in [3.05, 3.63) is 12.2 Å². The number of unbranched alkanes of at least 4 members (excludes halogenated alkanes) is 46. The molecule has 6 heteroatoms. The Morgan fingerprint density at radius 2 is 0.471 bits per heavy atom. The lowest BCUT2D eigenvalue weighted by molar-refractivity contribution is -0.167. The van der Waals surface area contributed by atoms with E-state index in [0.717, 1.165) is 57.8 Å². The maximum atomic E-state index is 12.7. The minimum absolute atomic E-state index is 0.0636. The first-order valence-corrected chi connectivity index (χ1v) is 31.7. The van der Waals surface area contributed by atoms with Gasteiger partial charge in [0.2, 0.25) is 0 Å². The normalized spacial score (nSPS) is 12.0. The third-order valence-electron chi connectivity index (χ3n) is 14.5. The van der Waals surface area contributed by atoms with Crippen molar-refractivity contribution in [3.8, 4) is 0 Å². The Balaban J connectivity index is 3.81. The molecule has 70 heavy (non-hydrogen) atoms. The molecule has 0 amide bonds. The second-order valence-corrected chi connectivity index (χ2v) is 21.7. The molecule has 0 spiro atoms. The van der Waals surface area contributed by atoms with Gasteiger partial charge in [-0.3, -0.25) is 14.4 Å². The van der Waals surface area contributed by atoms with Crippen LogP contribution >= 0.6 is 0 Å². The van der Waals surface area contributed by atoms with Crippen LogP contribution in [0.2, 0.25) is 0 Å². The fraction of sp³-hybridized carbons (Fsp3) is 0.922. The molecule has 0 rings (SSSR count). The molecule has 0 fully saturated rings. The summed E-state index contributed by atoms with van der Waals surface area (Å²) in [7, 11) is 0. The lowest BCUT2D eigenvalue weighted by Crippen LogP contribution is -2.30. The molecular formula is C64H122O6. The van der Waals surface area contributed by atoms with Gasteiger partial charge in [0.15, 0.2) is 6.10 Å². The number of carbonyl (C=O) groups excluding carboxylic acids is 3. The summed E-state index contributed by atoms with van der Waals surface area (Å²) in [6.07, 6.45) is 70.0. The van der Waals surface area contributed by atoms with Crippen LogP contribution in [0.1, 0.15) is 361 Å². The molecule has 0 aromatic heterocycles. The largest absolute Gasteiger partial charge is 0.462 e. The number of rotatable bonds is 59. The second kappa shape index (κ2) is 59.7. The molecule has 0 heterocycles. The highest BCUT2D eigenvalue weighted by Crippen LogP contribution is 2.18. The zero-order valence-electron chi connectivity index (χ0n) is 47.6. The third kappa shape index (κ3) is 57.1. The molecule has 0 saturated carbocycles. The molecule has 414 valence electrons. The minimum atomic E-state index is -0.760. The molecule has 1 unspecified atom stereocenters. The maximum absolute atomic E-state index is 12.7. The molecule has 0 aliphatic rings. The van der Waals surface area contributed by atoms with Crippen LogP contribution < -0.4 is 0 Å². The van der Waals surface area contributed by atoms with Crippen molar-refractivity contribution in [2.45, 2.75) is 367 Å². The number of carbonyl (C=O) groups is 3. The summed E-state index contributed by atoms with van der Waals surface area (Å²) in [5.74, 6) is -0.850. The van der Waals surface area contributed by atoms with E-state index < -0.39 is 6.10 Å². The quantitative estimate of drug-likeness (QED) is 0.0261. The number of allylic oxidation sites excluding steroid dienone is 2. The van der Waals surface area contributed by atoms with Gasteiger partial charge >= 0.3 is 17.9 Å². The van der Waals surface area contributed by atoms with Crippen LogP contribution in [0.3, 0.4) is 0 Å². The van der Waals surface area contributed by atoms with Gasteiger partial charge < -0.3 is 14.2 Å². The molecule has 0 aromatic rings. The Hall–Kier alpha value is -1.85. The van der Waals surface area contributed by atoms with Gasteiger partial charge in [0, 0.05) is 19.3 Å². The van der Waals surface area contributed by atoms with Crippen molar-refractivity contribution >= 4 is 17.9 Å². The molecule has 0 aliphatic heterocycles. The summed E-state index contributed by atoms with van der Waals surface area (Å²) in [5, 5.41) is 0. The highest BCUT2D eigenvalue weighted by molar-refractivity contribution is 5.71. The van der Waals surface area contributed by atoms with E-state index in [2.05, 4.69) is 32.9 Å². The Labute approximate surface area is 437 Å². The smallest absolute Gasteiger partial charge is 0.306 e. The van der Waals surface area contributed by atoms with Crippen molar-refractivity contribution in [2.24, 2.45) is 0 Å². The van der Waals surface area contributed by atoms with E-state index in [0.29, 0.717) is 19.3 Å². The van der Waals surface area contributed by atoms with Gasteiger partial charge in [0.05, 0.1) is 0 Å². The Bertz CT molecular complexity index is 1090. The minimum Gasteiger partial charge on any atom is -0.462 e. The van der Waals surface area contributed by atoms with Crippen molar-refractivity contribution in [3.63, 3.8) is 0 Å². The molecule has 0 aliphatic carbocycles. The molecule has 6 nitrogen and oxygen atoms in total. The van der Waals surface area contributed by atoms with Crippen LogP contribution in [0.15, 0.2) is 12.2 Å². The Morgan fingerprint density at radius 3 is 0.714 bits per heavy atom. The van der Waals surface area contributed by atoms with E-state index in [4.69, 9.17) is 14.2 Å². The predicted molar refractivity (Wildman–Crippen MR) is 303 cm³/mol. The van der Waals surface area contributed by atoms with Gasteiger partial charge in [-0.05, 0) is 44.9 Å². The predicted octanol–water partition coefficient (Wildman–Crippen LogP) is 21.3. The van der Waals surface area contributed by atoms with E-state index in [1.165, 1.54) is 263 Å². The first kappa shape index (κ1) is 68.2. The zero-order valence-corrected chi connectivity index (χ0v) is 47.6. The van der Waals surface area contributed by atoms with Crippen molar-refractivity contribution < 1.29 is 28.6 Å². The molecular weight excluding hydrogens is 865 g/mol. The summed E-state index contributed by atoms with van der Waals surface area (Å²) in [6, 6.07) is 0. The summed E-state index contributed by atoms with van der Waals surface area (Å²) in [6.45, 7) is 6.64. The SMILES string of the molecule is CCCCCCCCCC/C=C\CCCCCCCCCCCCCCCCCCCCCCCCCC(=O)OCC(COC(=O)CCCCCCCCCC)OC(=O)CCCCCCCCCCC. The topological polar surface area (TPSA) is 78.9 Å². The highest BCUT2D eigenvalue weighted by Gasteiger charge is 2.19. The fourth-order valence-corrected chi connectivity index (χ4v) is 9.74. The van der Waals surface area contributed by atoms with E-state index in [-0.39, 0.29) is 31.1 Å². The molecule has 0 saturated heterocycles. The van der Waals surface area contributed by atoms with E-state index in [9.17, 15) is 14.4 Å². The van der Waals surface area contributed by atoms with Crippen LogP contribution in [0.4, 0.5) is 0 Å². The number of hydrogen-bond donors (Lipinski definition) is 0. The van der Waals surface area contributed by atoms with Gasteiger partial charge in [-0.2, -0.15) is 0 Å². The van der Waals surface area contributed by atoms with Gasteiger partial charge in [0.25, 0.3) is 0 Å². The lowest BCUT2D eigenvalue weighted by atomic mass is 10.0. The summed E-state index contributed by atoms with van der Waals surface area (Å²) < 4.78 is 16.8. The maximum Gasteiger partial charge on any atom is 0.306 e. The summed E-state index contributed by atoms with van der Waals surface area (Å²) >= 11 is 0. The van der Waals surface area contributed by atoms with Crippen molar-refractivity contribution in [2.75, 3.05) is 13.2 Å². The fourth-order valence-electron chi connectivity index (χ4n) is 9.74. The van der Waals surface area contributed by atoms with E-state index in [1.807, 2.05) is 0 Å². The van der Waals surface area contributed by atoms with Gasteiger partial charge in [-0.15, -0.1) is 0 Å². The highest BCUT2D eigenvalue weighted by atomic mass is 16.6. The van der Waals surface area contributed by atoms with Crippen LogP contribution in [0, 0.1) is 0 Å². The molecule has 0 aromatic carbocycles. The second-order valence-electron chi connectivity index (χ2n) is 21.7. The zero-order chi connectivity index (χ0) is 50.7. The number of hydrogen-bond acceptors (Lipinski definition) is 6. The Morgan fingerprint density at radius 1 is 0.271 bits per heavy atom.